The fourth-order valence-electron chi connectivity index (χ4n) is 3.69. The summed E-state index contributed by atoms with van der Waals surface area (Å²) in [5, 5.41) is 3.27. The Morgan fingerprint density at radius 3 is 2.28 bits per heavy atom. The van der Waals surface area contributed by atoms with Crippen molar-refractivity contribution < 1.29 is 4.79 Å². The zero-order valence-corrected chi connectivity index (χ0v) is 17.9. The molecule has 156 valence electrons. The van der Waals surface area contributed by atoms with Gasteiger partial charge in [-0.15, -0.1) is 0 Å². The van der Waals surface area contributed by atoms with Gasteiger partial charge in [0.05, 0.1) is 12.4 Å². The van der Waals surface area contributed by atoms with Crippen LogP contribution in [0.15, 0.2) is 36.7 Å². The van der Waals surface area contributed by atoms with E-state index in [1.165, 1.54) is 18.5 Å². The summed E-state index contributed by atoms with van der Waals surface area (Å²) in [5.41, 5.74) is 2.62. The van der Waals surface area contributed by atoms with E-state index in [0.717, 1.165) is 50.6 Å². The summed E-state index contributed by atoms with van der Waals surface area (Å²) in [4.78, 5) is 25.6. The van der Waals surface area contributed by atoms with E-state index in [4.69, 9.17) is 0 Å². The maximum absolute atomic E-state index is 12.6. The lowest BCUT2D eigenvalue weighted by Gasteiger charge is -2.32. The average molecular weight is 396 g/mol. The van der Waals surface area contributed by atoms with Gasteiger partial charge in [-0.05, 0) is 55.9 Å². The van der Waals surface area contributed by atoms with Crippen molar-refractivity contribution in [2.24, 2.45) is 5.92 Å². The van der Waals surface area contributed by atoms with Gasteiger partial charge in [0.1, 0.15) is 11.5 Å². The highest BCUT2D eigenvalue weighted by atomic mass is 16.2. The summed E-state index contributed by atoms with van der Waals surface area (Å²) in [6, 6.07) is 8.44. The van der Waals surface area contributed by atoms with E-state index < -0.39 is 0 Å². The van der Waals surface area contributed by atoms with Crippen molar-refractivity contribution in [2.45, 2.75) is 46.5 Å². The largest absolute Gasteiger partial charge is 0.372 e. The molecule has 1 aromatic heterocycles. The van der Waals surface area contributed by atoms with Gasteiger partial charge in [0, 0.05) is 37.6 Å². The summed E-state index contributed by atoms with van der Waals surface area (Å²) < 4.78 is 0. The third-order valence-electron chi connectivity index (χ3n) is 5.43. The molecule has 6 heteroatoms. The van der Waals surface area contributed by atoms with Crippen molar-refractivity contribution in [3.05, 3.63) is 42.4 Å². The Bertz CT molecular complexity index is 761. The van der Waals surface area contributed by atoms with Gasteiger partial charge in [-0.2, -0.15) is 0 Å². The molecule has 3 rings (SSSR count). The van der Waals surface area contributed by atoms with Crippen molar-refractivity contribution in [1.82, 2.24) is 14.9 Å². The topological polar surface area (TPSA) is 61.4 Å². The summed E-state index contributed by atoms with van der Waals surface area (Å²) in [6.07, 6.45) is 7.58. The van der Waals surface area contributed by atoms with Crippen LogP contribution in [0.4, 0.5) is 17.2 Å². The van der Waals surface area contributed by atoms with Gasteiger partial charge in [0.2, 0.25) is 0 Å². The van der Waals surface area contributed by atoms with E-state index in [0.29, 0.717) is 11.5 Å². The predicted molar refractivity (Wildman–Crippen MR) is 119 cm³/mol. The molecule has 0 radical (unpaired) electrons. The molecule has 1 fully saturated rings. The van der Waals surface area contributed by atoms with Gasteiger partial charge in [0.15, 0.2) is 0 Å². The molecule has 1 aromatic carbocycles. The highest BCUT2D eigenvalue weighted by Crippen LogP contribution is 2.25. The Labute approximate surface area is 174 Å². The Kier molecular flexibility index (Phi) is 7.44. The number of anilines is 3. The number of carbonyl (C=O) groups is 1. The number of piperidine rings is 1. The van der Waals surface area contributed by atoms with Crippen molar-refractivity contribution in [3.8, 4) is 0 Å². The maximum Gasteiger partial charge on any atom is 0.274 e. The lowest BCUT2D eigenvalue weighted by atomic mass is 9.99. The maximum atomic E-state index is 12.6. The number of carbonyl (C=O) groups excluding carboxylic acids is 1. The van der Waals surface area contributed by atoms with Gasteiger partial charge >= 0.3 is 0 Å². The minimum Gasteiger partial charge on any atom is -0.372 e. The van der Waals surface area contributed by atoms with Crippen molar-refractivity contribution in [2.75, 3.05) is 36.4 Å². The van der Waals surface area contributed by atoms with E-state index in [1.807, 2.05) is 4.90 Å². The van der Waals surface area contributed by atoms with E-state index >= 15 is 0 Å². The molecule has 1 aliphatic rings. The van der Waals surface area contributed by atoms with Crippen molar-refractivity contribution in [1.29, 1.82) is 0 Å². The molecule has 1 saturated heterocycles. The first-order valence-electron chi connectivity index (χ1n) is 10.8. The normalized spacial score (nSPS) is 14.7. The van der Waals surface area contributed by atoms with E-state index in [1.54, 1.807) is 12.4 Å². The molecule has 1 amide bonds. The average Bonchev–Trinajstić information content (AvgIpc) is 2.75. The molecule has 0 atom stereocenters. The number of nitrogens with zero attached hydrogens (tertiary/aromatic N) is 4. The summed E-state index contributed by atoms with van der Waals surface area (Å²) in [6.45, 7) is 10.2. The molecular weight excluding hydrogens is 362 g/mol. The number of benzene rings is 1. The highest BCUT2D eigenvalue weighted by Gasteiger charge is 2.17. The van der Waals surface area contributed by atoms with Crippen molar-refractivity contribution >= 4 is 23.1 Å². The van der Waals surface area contributed by atoms with Gasteiger partial charge < -0.3 is 15.1 Å². The number of amides is 1. The van der Waals surface area contributed by atoms with Crippen LogP contribution < -0.4 is 10.2 Å². The number of hydrogen-bond donors (Lipinski definition) is 1. The smallest absolute Gasteiger partial charge is 0.274 e. The number of rotatable bonds is 8. The fourth-order valence-corrected chi connectivity index (χ4v) is 3.69. The zero-order chi connectivity index (χ0) is 20.6. The second kappa shape index (κ2) is 10.2. The predicted octanol–water partition coefficient (Wildman–Crippen LogP) is 4.72. The van der Waals surface area contributed by atoms with Crippen LogP contribution in [0, 0.1) is 5.92 Å². The first-order chi connectivity index (χ1) is 14.1. The molecule has 1 N–H and O–H groups in total. The monoisotopic (exact) mass is 395 g/mol. The second-order valence-corrected chi connectivity index (χ2v) is 7.92. The van der Waals surface area contributed by atoms with Gasteiger partial charge in [0.25, 0.3) is 5.91 Å². The van der Waals surface area contributed by atoms with Gasteiger partial charge in [-0.1, -0.05) is 20.8 Å². The van der Waals surface area contributed by atoms with E-state index in [-0.39, 0.29) is 5.91 Å². The minimum absolute atomic E-state index is 0.0482. The quantitative estimate of drug-likeness (QED) is 0.701. The third-order valence-corrected chi connectivity index (χ3v) is 5.43. The van der Waals surface area contributed by atoms with E-state index in [9.17, 15) is 4.79 Å². The zero-order valence-electron chi connectivity index (χ0n) is 17.9. The Balaban J connectivity index is 1.60. The molecule has 1 aliphatic heterocycles. The van der Waals surface area contributed by atoms with Gasteiger partial charge in [-0.25, -0.2) is 9.97 Å². The molecule has 2 heterocycles. The van der Waals surface area contributed by atoms with Gasteiger partial charge in [-0.3, -0.25) is 4.79 Å². The third kappa shape index (κ3) is 5.68. The SMILES string of the molecule is CCCN(CCC)C(=O)c1cnc(Nc2ccc(N3CCC(C)CC3)cc2)cn1. The molecule has 0 spiro atoms. The first-order valence-corrected chi connectivity index (χ1v) is 10.8. The molecule has 29 heavy (non-hydrogen) atoms. The molecule has 0 saturated carbocycles. The lowest BCUT2D eigenvalue weighted by Crippen LogP contribution is -2.33. The highest BCUT2D eigenvalue weighted by molar-refractivity contribution is 5.92. The molecular formula is C23H33N5O. The fraction of sp³-hybridized carbons (Fsp3) is 0.522. The van der Waals surface area contributed by atoms with E-state index in [2.05, 4.69) is 65.2 Å². The van der Waals surface area contributed by atoms with Crippen LogP contribution >= 0.6 is 0 Å². The lowest BCUT2D eigenvalue weighted by molar-refractivity contribution is 0.0749. The summed E-state index contributed by atoms with van der Waals surface area (Å²) >= 11 is 0. The molecule has 2 aromatic rings. The van der Waals surface area contributed by atoms with Crippen molar-refractivity contribution in [3.63, 3.8) is 0 Å². The molecule has 0 aliphatic carbocycles. The van der Waals surface area contributed by atoms with Crippen LogP contribution in [0.5, 0.6) is 0 Å². The van der Waals surface area contributed by atoms with Crippen LogP contribution in [0.25, 0.3) is 0 Å². The van der Waals surface area contributed by atoms with Crippen LogP contribution in [0.3, 0.4) is 0 Å². The minimum atomic E-state index is -0.0482. The molecule has 0 unspecified atom stereocenters. The number of hydrogen-bond acceptors (Lipinski definition) is 5. The number of aromatic nitrogens is 2. The summed E-state index contributed by atoms with van der Waals surface area (Å²) in [5.74, 6) is 1.42. The Morgan fingerprint density at radius 2 is 1.72 bits per heavy atom. The molecule has 0 bridgehead atoms. The summed E-state index contributed by atoms with van der Waals surface area (Å²) in [7, 11) is 0. The Morgan fingerprint density at radius 1 is 1.07 bits per heavy atom. The molecule has 6 nitrogen and oxygen atoms in total. The van der Waals surface area contributed by atoms with Crippen LogP contribution in [-0.4, -0.2) is 47.0 Å². The standard InChI is InChI=1S/C23H33N5O/c1-4-12-28(13-5-2)23(29)21-16-25-22(17-24-21)26-19-6-8-20(9-7-19)27-14-10-18(3)11-15-27/h6-9,16-18H,4-5,10-15H2,1-3H3,(H,25,26). The van der Waals surface area contributed by atoms with Crippen LogP contribution in [0.2, 0.25) is 0 Å². The Hall–Kier alpha value is -2.63. The van der Waals surface area contributed by atoms with Crippen LogP contribution in [0.1, 0.15) is 56.9 Å². The number of nitrogens with one attached hydrogen (secondary N) is 1. The second-order valence-electron chi connectivity index (χ2n) is 7.92. The first kappa shape index (κ1) is 21.1. The van der Waals surface area contributed by atoms with Crippen LogP contribution in [-0.2, 0) is 0 Å².